The van der Waals surface area contributed by atoms with Crippen LogP contribution in [0.4, 0.5) is 5.69 Å². The van der Waals surface area contributed by atoms with Crippen LogP contribution in [-0.4, -0.2) is 10.9 Å². The summed E-state index contributed by atoms with van der Waals surface area (Å²) < 4.78 is 0. The zero-order chi connectivity index (χ0) is 13.4. The second kappa shape index (κ2) is 4.43. The first kappa shape index (κ1) is 11.8. The van der Waals surface area contributed by atoms with E-state index < -0.39 is 0 Å². The molecule has 0 aliphatic carbocycles. The van der Waals surface area contributed by atoms with E-state index in [1.807, 2.05) is 44.2 Å². The van der Waals surface area contributed by atoms with Crippen LogP contribution >= 0.6 is 0 Å². The van der Waals surface area contributed by atoms with E-state index in [0.29, 0.717) is 0 Å². The van der Waals surface area contributed by atoms with Gasteiger partial charge in [0.25, 0.3) is 0 Å². The zero-order valence-corrected chi connectivity index (χ0v) is 11.0. The van der Waals surface area contributed by atoms with E-state index in [9.17, 15) is 4.79 Å². The third-order valence-corrected chi connectivity index (χ3v) is 3.30. The summed E-state index contributed by atoms with van der Waals surface area (Å²) in [4.78, 5) is 15.1. The molecular weight excluding hydrogens is 236 g/mol. The summed E-state index contributed by atoms with van der Waals surface area (Å²) in [5.41, 5.74) is 3.05. The minimum Gasteiger partial charge on any atom is -0.355 e. The summed E-state index contributed by atoms with van der Waals surface area (Å²) in [5, 5.41) is 5.25. The molecule has 1 heterocycles. The molecule has 3 aromatic rings. The summed E-state index contributed by atoms with van der Waals surface area (Å²) in [7, 11) is 0. The highest BCUT2D eigenvalue weighted by atomic mass is 16.1. The molecule has 0 fully saturated rings. The standard InChI is InChI=1S/C16H16N2O/c1-10(2)16(19)17-11-7-8-15-13(9-11)12-5-3-4-6-14(12)18-15/h3-10,18H,1-2H3,(H,17,19). The average Bonchev–Trinajstić information content (AvgIpc) is 2.76. The van der Waals surface area contributed by atoms with Crippen LogP contribution in [-0.2, 0) is 4.79 Å². The lowest BCUT2D eigenvalue weighted by molar-refractivity contribution is -0.118. The summed E-state index contributed by atoms with van der Waals surface area (Å²) in [5.74, 6) is 0.0258. The van der Waals surface area contributed by atoms with Crippen LogP contribution in [0.2, 0.25) is 0 Å². The molecule has 2 N–H and O–H groups in total. The van der Waals surface area contributed by atoms with Gasteiger partial charge in [-0.05, 0) is 24.3 Å². The summed E-state index contributed by atoms with van der Waals surface area (Å²) in [6.45, 7) is 3.78. The molecule has 1 aromatic heterocycles. The highest BCUT2D eigenvalue weighted by molar-refractivity contribution is 6.09. The van der Waals surface area contributed by atoms with Crippen molar-refractivity contribution in [3.05, 3.63) is 42.5 Å². The summed E-state index contributed by atoms with van der Waals surface area (Å²) >= 11 is 0. The highest BCUT2D eigenvalue weighted by Gasteiger charge is 2.09. The van der Waals surface area contributed by atoms with Crippen molar-refractivity contribution in [1.82, 2.24) is 4.98 Å². The van der Waals surface area contributed by atoms with Gasteiger partial charge in [0.05, 0.1) is 0 Å². The van der Waals surface area contributed by atoms with Crippen molar-refractivity contribution in [1.29, 1.82) is 0 Å². The van der Waals surface area contributed by atoms with Crippen LogP contribution in [0.15, 0.2) is 42.5 Å². The van der Waals surface area contributed by atoms with Crippen molar-refractivity contribution in [2.24, 2.45) is 5.92 Å². The molecule has 19 heavy (non-hydrogen) atoms. The number of para-hydroxylation sites is 1. The number of aromatic nitrogens is 1. The first-order valence-corrected chi connectivity index (χ1v) is 6.46. The van der Waals surface area contributed by atoms with Gasteiger partial charge in [-0.15, -0.1) is 0 Å². The van der Waals surface area contributed by atoms with E-state index in [-0.39, 0.29) is 11.8 Å². The number of fused-ring (bicyclic) bond motifs is 3. The molecular formula is C16H16N2O. The number of carbonyl (C=O) groups is 1. The van der Waals surface area contributed by atoms with Gasteiger partial charge in [-0.25, -0.2) is 0 Å². The Balaban J connectivity index is 2.09. The van der Waals surface area contributed by atoms with Crippen LogP contribution in [0.5, 0.6) is 0 Å². The first-order valence-electron chi connectivity index (χ1n) is 6.46. The lowest BCUT2D eigenvalue weighted by Gasteiger charge is -2.07. The van der Waals surface area contributed by atoms with Crippen LogP contribution in [0.1, 0.15) is 13.8 Å². The molecule has 0 radical (unpaired) electrons. The van der Waals surface area contributed by atoms with Crippen LogP contribution in [0, 0.1) is 5.92 Å². The SMILES string of the molecule is CC(C)C(=O)Nc1ccc2[nH]c3ccccc3c2c1. The lowest BCUT2D eigenvalue weighted by Crippen LogP contribution is -2.17. The topological polar surface area (TPSA) is 44.9 Å². The Morgan fingerprint density at radius 2 is 1.79 bits per heavy atom. The van der Waals surface area contributed by atoms with Gasteiger partial charge in [0, 0.05) is 33.4 Å². The monoisotopic (exact) mass is 252 g/mol. The maximum absolute atomic E-state index is 11.7. The van der Waals surface area contributed by atoms with Crippen molar-refractivity contribution in [3.8, 4) is 0 Å². The van der Waals surface area contributed by atoms with Crippen molar-refractivity contribution < 1.29 is 4.79 Å². The fourth-order valence-electron chi connectivity index (χ4n) is 2.21. The van der Waals surface area contributed by atoms with E-state index >= 15 is 0 Å². The Hall–Kier alpha value is -2.29. The van der Waals surface area contributed by atoms with E-state index in [4.69, 9.17) is 0 Å². The molecule has 0 saturated heterocycles. The Morgan fingerprint density at radius 1 is 1.05 bits per heavy atom. The van der Waals surface area contributed by atoms with Gasteiger partial charge in [0.2, 0.25) is 5.91 Å². The molecule has 0 spiro atoms. The Labute approximate surface area is 111 Å². The summed E-state index contributed by atoms with van der Waals surface area (Å²) in [6.07, 6.45) is 0. The number of benzene rings is 2. The number of rotatable bonds is 2. The number of H-pyrrole nitrogens is 1. The molecule has 0 aliphatic heterocycles. The van der Waals surface area contributed by atoms with Crippen molar-refractivity contribution in [3.63, 3.8) is 0 Å². The number of amides is 1. The third-order valence-electron chi connectivity index (χ3n) is 3.30. The van der Waals surface area contributed by atoms with E-state index in [1.165, 1.54) is 5.39 Å². The number of anilines is 1. The third kappa shape index (κ3) is 2.08. The smallest absolute Gasteiger partial charge is 0.226 e. The van der Waals surface area contributed by atoms with E-state index in [1.54, 1.807) is 0 Å². The average molecular weight is 252 g/mol. The maximum Gasteiger partial charge on any atom is 0.226 e. The van der Waals surface area contributed by atoms with E-state index in [0.717, 1.165) is 22.1 Å². The predicted octanol–water partition coefficient (Wildman–Crippen LogP) is 3.92. The molecule has 0 unspecified atom stereocenters. The minimum absolute atomic E-state index is 0.0151. The van der Waals surface area contributed by atoms with Crippen LogP contribution in [0.3, 0.4) is 0 Å². The second-order valence-corrected chi connectivity index (χ2v) is 5.07. The lowest BCUT2D eigenvalue weighted by atomic mass is 10.1. The highest BCUT2D eigenvalue weighted by Crippen LogP contribution is 2.27. The van der Waals surface area contributed by atoms with Gasteiger partial charge < -0.3 is 10.3 Å². The number of hydrogen-bond acceptors (Lipinski definition) is 1. The Bertz CT molecular complexity index is 756. The fraction of sp³-hybridized carbons (Fsp3) is 0.188. The molecule has 96 valence electrons. The number of aromatic amines is 1. The molecule has 3 nitrogen and oxygen atoms in total. The molecule has 0 bridgehead atoms. The molecule has 3 heteroatoms. The van der Waals surface area contributed by atoms with Gasteiger partial charge >= 0.3 is 0 Å². The molecule has 0 atom stereocenters. The molecule has 2 aromatic carbocycles. The number of hydrogen-bond donors (Lipinski definition) is 2. The van der Waals surface area contributed by atoms with Crippen molar-refractivity contribution in [2.45, 2.75) is 13.8 Å². The summed E-state index contributed by atoms with van der Waals surface area (Å²) in [6, 6.07) is 14.1. The number of nitrogens with one attached hydrogen (secondary N) is 2. The number of carbonyl (C=O) groups excluding carboxylic acids is 1. The molecule has 0 saturated carbocycles. The molecule has 3 rings (SSSR count). The van der Waals surface area contributed by atoms with Crippen LogP contribution in [0.25, 0.3) is 21.8 Å². The fourth-order valence-corrected chi connectivity index (χ4v) is 2.21. The molecule has 1 amide bonds. The van der Waals surface area contributed by atoms with Crippen molar-refractivity contribution in [2.75, 3.05) is 5.32 Å². The van der Waals surface area contributed by atoms with Gasteiger partial charge in [-0.2, -0.15) is 0 Å². The van der Waals surface area contributed by atoms with Crippen molar-refractivity contribution >= 4 is 33.4 Å². The quantitative estimate of drug-likeness (QED) is 0.713. The van der Waals surface area contributed by atoms with Gasteiger partial charge in [-0.3, -0.25) is 4.79 Å². The predicted molar refractivity (Wildman–Crippen MR) is 79.3 cm³/mol. The Kier molecular flexibility index (Phi) is 2.75. The maximum atomic E-state index is 11.7. The second-order valence-electron chi connectivity index (χ2n) is 5.07. The van der Waals surface area contributed by atoms with Gasteiger partial charge in [-0.1, -0.05) is 32.0 Å². The molecule has 0 aliphatic rings. The van der Waals surface area contributed by atoms with Gasteiger partial charge in [0.15, 0.2) is 0 Å². The Morgan fingerprint density at radius 3 is 2.58 bits per heavy atom. The van der Waals surface area contributed by atoms with Gasteiger partial charge in [0.1, 0.15) is 0 Å². The largest absolute Gasteiger partial charge is 0.355 e. The minimum atomic E-state index is -0.0151. The first-order chi connectivity index (χ1) is 9.15. The van der Waals surface area contributed by atoms with Crippen LogP contribution < -0.4 is 5.32 Å². The zero-order valence-electron chi connectivity index (χ0n) is 11.0. The normalized spacial score (nSPS) is 11.3. The van der Waals surface area contributed by atoms with E-state index in [2.05, 4.69) is 22.4 Å².